The molecule has 1 rings (SSSR count). The second kappa shape index (κ2) is 6.78. The Hall–Kier alpha value is -0.850. The van der Waals surface area contributed by atoms with Gasteiger partial charge in [0, 0.05) is 5.41 Å². The van der Waals surface area contributed by atoms with Gasteiger partial charge < -0.3 is 24.8 Å². The molecular weight excluding hydrogens is 228 g/mol. The lowest BCUT2D eigenvalue weighted by atomic mass is 9.82. The molecule has 6 heteroatoms. The lowest BCUT2D eigenvalue weighted by Crippen LogP contribution is -2.34. The van der Waals surface area contributed by atoms with Crippen molar-refractivity contribution in [2.75, 3.05) is 33.0 Å². The molecule has 0 amide bonds. The van der Waals surface area contributed by atoms with Crippen LogP contribution in [0.15, 0.2) is 0 Å². The van der Waals surface area contributed by atoms with Crippen molar-refractivity contribution in [2.45, 2.75) is 19.3 Å². The minimum atomic E-state index is -0.850. The zero-order chi connectivity index (χ0) is 12.7. The van der Waals surface area contributed by atoms with E-state index in [0.29, 0.717) is 25.9 Å². The monoisotopic (exact) mass is 248 g/mol. The van der Waals surface area contributed by atoms with Gasteiger partial charge in [-0.1, -0.05) is 0 Å². The molecule has 3 N–H and O–H groups in total. The SMILES string of the molecule is O=C1OCCC(CCC(CO)(CO)CO)CO1. The summed E-state index contributed by atoms with van der Waals surface area (Å²) in [6, 6.07) is 0. The van der Waals surface area contributed by atoms with Crippen LogP contribution in [0.3, 0.4) is 0 Å². The van der Waals surface area contributed by atoms with Gasteiger partial charge in [0.15, 0.2) is 0 Å². The highest BCUT2D eigenvalue weighted by Gasteiger charge is 2.29. The molecule has 0 saturated carbocycles. The van der Waals surface area contributed by atoms with Crippen molar-refractivity contribution in [3.8, 4) is 0 Å². The molecule has 1 heterocycles. The Balaban J connectivity index is 2.40. The molecule has 1 aliphatic heterocycles. The van der Waals surface area contributed by atoms with Crippen molar-refractivity contribution < 1.29 is 29.6 Å². The number of hydrogen-bond acceptors (Lipinski definition) is 6. The lowest BCUT2D eigenvalue weighted by molar-refractivity contribution is -0.00663. The van der Waals surface area contributed by atoms with Crippen molar-refractivity contribution >= 4 is 6.16 Å². The normalized spacial score (nSPS) is 21.6. The molecule has 1 unspecified atom stereocenters. The Morgan fingerprint density at radius 2 is 1.82 bits per heavy atom. The maximum absolute atomic E-state index is 10.8. The Bertz CT molecular complexity index is 230. The van der Waals surface area contributed by atoms with Crippen LogP contribution in [0, 0.1) is 11.3 Å². The summed E-state index contributed by atoms with van der Waals surface area (Å²) in [5, 5.41) is 27.5. The van der Waals surface area contributed by atoms with Crippen LogP contribution in [0.1, 0.15) is 19.3 Å². The van der Waals surface area contributed by atoms with E-state index in [9.17, 15) is 20.1 Å². The standard InChI is InChI=1S/C11H20O6/c12-6-11(7-13,8-14)3-1-9-2-4-16-10(15)17-5-9/h9,12-14H,1-8H2. The van der Waals surface area contributed by atoms with Gasteiger partial charge in [0.1, 0.15) is 0 Å². The van der Waals surface area contributed by atoms with E-state index in [1.165, 1.54) is 0 Å². The number of aliphatic hydroxyl groups is 3. The number of hydrogen-bond donors (Lipinski definition) is 3. The summed E-state index contributed by atoms with van der Waals surface area (Å²) in [6.45, 7) is -0.167. The second-order valence-corrected chi connectivity index (χ2v) is 4.58. The predicted octanol–water partition coefficient (Wildman–Crippen LogP) is -0.0970. The number of aliphatic hydroxyl groups excluding tert-OH is 3. The fraction of sp³-hybridized carbons (Fsp3) is 0.909. The molecule has 0 radical (unpaired) electrons. The third-order valence-corrected chi connectivity index (χ3v) is 3.27. The van der Waals surface area contributed by atoms with Crippen LogP contribution in [-0.2, 0) is 9.47 Å². The highest BCUT2D eigenvalue weighted by Crippen LogP contribution is 2.26. The highest BCUT2D eigenvalue weighted by atomic mass is 16.7. The van der Waals surface area contributed by atoms with Crippen molar-refractivity contribution in [1.82, 2.24) is 0 Å². The summed E-state index contributed by atoms with van der Waals surface area (Å²) < 4.78 is 9.57. The molecule has 100 valence electrons. The molecule has 6 nitrogen and oxygen atoms in total. The molecule has 0 aromatic heterocycles. The van der Waals surface area contributed by atoms with E-state index in [2.05, 4.69) is 0 Å². The third kappa shape index (κ3) is 4.14. The number of rotatable bonds is 6. The maximum atomic E-state index is 10.8. The molecule has 17 heavy (non-hydrogen) atoms. The molecule has 1 saturated heterocycles. The van der Waals surface area contributed by atoms with E-state index in [1.807, 2.05) is 0 Å². The first-order chi connectivity index (χ1) is 8.15. The van der Waals surface area contributed by atoms with Gasteiger partial charge in [-0.05, 0) is 25.2 Å². The molecule has 1 atom stereocenters. The van der Waals surface area contributed by atoms with Crippen LogP contribution in [0.25, 0.3) is 0 Å². The van der Waals surface area contributed by atoms with Crippen molar-refractivity contribution in [2.24, 2.45) is 11.3 Å². The van der Waals surface area contributed by atoms with Crippen molar-refractivity contribution in [3.05, 3.63) is 0 Å². The van der Waals surface area contributed by atoms with Gasteiger partial charge in [-0.25, -0.2) is 4.79 Å². The van der Waals surface area contributed by atoms with E-state index in [-0.39, 0.29) is 32.3 Å². The summed E-state index contributed by atoms with van der Waals surface area (Å²) in [4.78, 5) is 10.8. The van der Waals surface area contributed by atoms with Crippen LogP contribution in [0.5, 0.6) is 0 Å². The summed E-state index contributed by atoms with van der Waals surface area (Å²) in [5.41, 5.74) is -0.850. The fourth-order valence-electron chi connectivity index (χ4n) is 1.74. The number of ether oxygens (including phenoxy) is 2. The minimum Gasteiger partial charge on any atom is -0.434 e. The van der Waals surface area contributed by atoms with Gasteiger partial charge in [0.2, 0.25) is 0 Å². The first kappa shape index (κ1) is 14.2. The van der Waals surface area contributed by atoms with E-state index in [4.69, 9.17) is 9.47 Å². The van der Waals surface area contributed by atoms with Crippen LogP contribution in [0.4, 0.5) is 4.79 Å². The fourth-order valence-corrected chi connectivity index (χ4v) is 1.74. The third-order valence-electron chi connectivity index (χ3n) is 3.27. The molecule has 0 aromatic rings. The molecule has 0 spiro atoms. The molecule has 0 aliphatic carbocycles. The van der Waals surface area contributed by atoms with Crippen LogP contribution < -0.4 is 0 Å². The van der Waals surface area contributed by atoms with Gasteiger partial charge in [0.25, 0.3) is 0 Å². The van der Waals surface area contributed by atoms with Gasteiger partial charge in [-0.2, -0.15) is 0 Å². The Kier molecular flexibility index (Phi) is 5.67. The highest BCUT2D eigenvalue weighted by molar-refractivity contribution is 5.59. The Morgan fingerprint density at radius 1 is 1.18 bits per heavy atom. The predicted molar refractivity (Wildman–Crippen MR) is 58.3 cm³/mol. The first-order valence-electron chi connectivity index (χ1n) is 5.78. The average molecular weight is 248 g/mol. The summed E-state index contributed by atoms with van der Waals surface area (Å²) in [5.74, 6) is 0.144. The van der Waals surface area contributed by atoms with Gasteiger partial charge >= 0.3 is 6.16 Å². The van der Waals surface area contributed by atoms with E-state index in [1.54, 1.807) is 0 Å². The number of carbonyl (C=O) groups excluding carboxylic acids is 1. The smallest absolute Gasteiger partial charge is 0.434 e. The number of carbonyl (C=O) groups is 1. The van der Waals surface area contributed by atoms with Gasteiger partial charge in [-0.3, -0.25) is 0 Å². The Labute approximate surface area is 100 Å². The molecule has 0 aromatic carbocycles. The molecule has 0 bridgehead atoms. The largest absolute Gasteiger partial charge is 0.508 e. The van der Waals surface area contributed by atoms with E-state index < -0.39 is 11.6 Å². The summed E-state index contributed by atoms with van der Waals surface area (Å²) in [6.07, 6.45) is 1.20. The van der Waals surface area contributed by atoms with E-state index >= 15 is 0 Å². The molecular formula is C11H20O6. The zero-order valence-electron chi connectivity index (χ0n) is 9.80. The van der Waals surface area contributed by atoms with Crippen LogP contribution in [-0.4, -0.2) is 54.5 Å². The van der Waals surface area contributed by atoms with Gasteiger partial charge in [-0.15, -0.1) is 0 Å². The summed E-state index contributed by atoms with van der Waals surface area (Å²) in [7, 11) is 0. The first-order valence-corrected chi connectivity index (χ1v) is 5.78. The molecule has 1 fully saturated rings. The summed E-state index contributed by atoms with van der Waals surface area (Å²) >= 11 is 0. The van der Waals surface area contributed by atoms with E-state index in [0.717, 1.165) is 0 Å². The number of cyclic esters (lactones) is 2. The average Bonchev–Trinajstić information content (AvgIpc) is 2.57. The van der Waals surface area contributed by atoms with Crippen molar-refractivity contribution in [1.29, 1.82) is 0 Å². The maximum Gasteiger partial charge on any atom is 0.508 e. The zero-order valence-corrected chi connectivity index (χ0v) is 9.80. The lowest BCUT2D eigenvalue weighted by Gasteiger charge is -2.28. The molecule has 1 aliphatic rings. The van der Waals surface area contributed by atoms with Crippen LogP contribution in [0.2, 0.25) is 0 Å². The minimum absolute atomic E-state index is 0.144. The van der Waals surface area contributed by atoms with Crippen LogP contribution >= 0.6 is 0 Å². The Morgan fingerprint density at radius 3 is 2.41 bits per heavy atom. The second-order valence-electron chi connectivity index (χ2n) is 4.58. The van der Waals surface area contributed by atoms with Crippen molar-refractivity contribution in [3.63, 3.8) is 0 Å². The van der Waals surface area contributed by atoms with Gasteiger partial charge in [0.05, 0.1) is 33.0 Å². The topological polar surface area (TPSA) is 96.2 Å². The quantitative estimate of drug-likeness (QED) is 0.568.